The van der Waals surface area contributed by atoms with E-state index in [1.54, 1.807) is 10.8 Å². The van der Waals surface area contributed by atoms with Crippen LogP contribution in [0.1, 0.15) is 0 Å². The Labute approximate surface area is 362 Å². The van der Waals surface area contributed by atoms with Crippen LogP contribution in [0.15, 0.2) is 126 Å². The molecule has 0 fully saturated rings. The Hall–Kier alpha value is -5.33. The van der Waals surface area contributed by atoms with Gasteiger partial charge >= 0.3 is 5.97 Å². The van der Waals surface area contributed by atoms with Gasteiger partial charge in [0.05, 0.1) is 32.5 Å². The van der Waals surface area contributed by atoms with Gasteiger partial charge in [-0.25, -0.2) is 31.6 Å². The van der Waals surface area contributed by atoms with Crippen LogP contribution in [0.25, 0.3) is 10.8 Å². The summed E-state index contributed by atoms with van der Waals surface area (Å²) in [7, 11) is -7.91. The van der Waals surface area contributed by atoms with E-state index >= 15 is 0 Å². The van der Waals surface area contributed by atoms with Crippen LogP contribution in [-0.2, 0) is 34.4 Å². The van der Waals surface area contributed by atoms with E-state index in [0.717, 1.165) is 22.7 Å². The number of alkyl halides is 4. The Balaban J connectivity index is 0.00000214. The van der Waals surface area contributed by atoms with Crippen LogP contribution in [0.5, 0.6) is 5.75 Å². The average Bonchev–Trinajstić information content (AvgIpc) is 3.92. The SMILES string of the molecule is NC=O.O=C(Nc1cccc2c(OC(=O)C(Cl)Cl)c(N=Nc3ccc(S(=O)(=O)Nc4nccs4)cc3)cc(N=Nc3ccc(S(=O)(=O)Nc4nccs4)cc3)c12)C(Cl)Cl. The normalized spacial score (nSPS) is 11.8. The number of hydrogen-bond donors (Lipinski definition) is 4. The molecule has 0 aliphatic carbocycles. The number of aromatic nitrogens is 2. The number of primary amides is 1. The van der Waals surface area contributed by atoms with Crippen LogP contribution in [0, 0.1) is 0 Å². The van der Waals surface area contributed by atoms with Crippen LogP contribution in [-0.4, -0.2) is 54.8 Å². The molecule has 6 aromatic rings. The molecule has 306 valence electrons. The second-order valence-electron chi connectivity index (χ2n) is 10.9. The monoisotopic (exact) mass is 956 g/mol. The fraction of sp³-hybridized carbons (Fsp3) is 0.0606. The van der Waals surface area contributed by atoms with Crippen molar-refractivity contribution in [3.8, 4) is 5.75 Å². The Morgan fingerprint density at radius 3 is 1.66 bits per heavy atom. The summed E-state index contributed by atoms with van der Waals surface area (Å²) < 4.78 is 61.6. The molecular weight excluding hydrogens is 935 g/mol. The van der Waals surface area contributed by atoms with E-state index in [1.165, 1.54) is 85.2 Å². The van der Waals surface area contributed by atoms with E-state index < -0.39 is 41.6 Å². The molecule has 0 spiro atoms. The smallest absolute Gasteiger partial charge is 0.344 e. The average molecular weight is 959 g/mol. The minimum atomic E-state index is -3.95. The Bertz CT molecular complexity index is 2720. The van der Waals surface area contributed by atoms with Crippen molar-refractivity contribution in [3.63, 3.8) is 0 Å². The molecule has 0 saturated heterocycles. The first-order valence-corrected chi connectivity index (χ1v) is 22.3. The van der Waals surface area contributed by atoms with Crippen molar-refractivity contribution in [1.29, 1.82) is 0 Å². The maximum atomic E-state index is 12.8. The number of hydrogen-bond acceptors (Lipinski definition) is 16. The largest absolute Gasteiger partial charge is 0.421 e. The van der Waals surface area contributed by atoms with Crippen molar-refractivity contribution in [1.82, 2.24) is 9.97 Å². The van der Waals surface area contributed by atoms with E-state index in [-0.39, 0.29) is 71.4 Å². The van der Waals surface area contributed by atoms with Crippen molar-refractivity contribution in [3.05, 3.63) is 96.0 Å². The van der Waals surface area contributed by atoms with E-state index in [0.29, 0.717) is 0 Å². The summed E-state index contributed by atoms with van der Waals surface area (Å²) in [4.78, 5) is 38.6. The molecule has 6 rings (SSSR count). The van der Waals surface area contributed by atoms with Crippen LogP contribution in [0.3, 0.4) is 0 Å². The number of thiazole rings is 2. The van der Waals surface area contributed by atoms with Crippen LogP contribution in [0.2, 0.25) is 0 Å². The van der Waals surface area contributed by atoms with Crippen LogP contribution >= 0.6 is 69.1 Å². The Morgan fingerprint density at radius 1 is 0.729 bits per heavy atom. The second kappa shape index (κ2) is 20.1. The maximum absolute atomic E-state index is 12.8. The second-order valence-corrected chi connectivity index (χ2v) is 18.2. The van der Waals surface area contributed by atoms with Gasteiger partial charge in [0, 0.05) is 33.9 Å². The van der Waals surface area contributed by atoms with Crippen molar-refractivity contribution in [2.75, 3.05) is 14.8 Å². The molecule has 2 aromatic heterocycles. The number of sulfonamides is 2. The summed E-state index contributed by atoms with van der Waals surface area (Å²) >= 11 is 25.5. The number of anilines is 3. The zero-order valence-electron chi connectivity index (χ0n) is 29.1. The third-order valence-corrected chi connectivity index (χ3v) is 12.2. The number of amides is 2. The lowest BCUT2D eigenvalue weighted by Gasteiger charge is -2.16. The molecule has 2 heterocycles. The minimum Gasteiger partial charge on any atom is -0.421 e. The molecule has 0 aliphatic rings. The number of nitrogens with zero attached hydrogens (tertiary/aromatic N) is 6. The summed E-state index contributed by atoms with van der Waals surface area (Å²) in [6.45, 7) is 0. The van der Waals surface area contributed by atoms with Gasteiger partial charge in [0.25, 0.3) is 26.0 Å². The summed E-state index contributed by atoms with van der Waals surface area (Å²) in [5.41, 5.74) is 4.67. The summed E-state index contributed by atoms with van der Waals surface area (Å²) in [6.07, 6.45) is 3.17. The van der Waals surface area contributed by atoms with Gasteiger partial charge in [-0.2, -0.15) is 10.2 Å². The van der Waals surface area contributed by atoms with Gasteiger partial charge in [-0.1, -0.05) is 58.5 Å². The maximum Gasteiger partial charge on any atom is 0.344 e. The van der Waals surface area contributed by atoms with Crippen molar-refractivity contribution in [2.45, 2.75) is 19.5 Å². The Kier molecular flexibility index (Phi) is 15.2. The number of esters is 1. The number of carbonyl (C=O) groups is 3. The van der Waals surface area contributed by atoms with Crippen LogP contribution < -0.4 is 25.2 Å². The highest BCUT2D eigenvalue weighted by Crippen LogP contribution is 2.46. The third-order valence-electron chi connectivity index (χ3n) is 7.06. The lowest BCUT2D eigenvalue weighted by atomic mass is 10.0. The number of carbonyl (C=O) groups excluding carboxylic acids is 3. The molecule has 0 atom stereocenters. The number of halogens is 4. The highest BCUT2D eigenvalue weighted by atomic mass is 35.5. The molecule has 4 aromatic carbocycles. The molecule has 18 nitrogen and oxygen atoms in total. The molecule has 5 N–H and O–H groups in total. The molecule has 0 saturated carbocycles. The van der Waals surface area contributed by atoms with Crippen molar-refractivity contribution >= 4 is 157 Å². The minimum absolute atomic E-state index is 0.0514. The number of rotatable bonds is 14. The van der Waals surface area contributed by atoms with Gasteiger partial charge in [0.15, 0.2) is 20.8 Å². The summed E-state index contributed by atoms with van der Waals surface area (Å²) in [6, 6.07) is 16.7. The number of ether oxygens (including phenoxy) is 1. The van der Waals surface area contributed by atoms with Gasteiger partial charge in [-0.3, -0.25) is 19.0 Å². The number of benzene rings is 4. The Morgan fingerprint density at radius 2 is 1.22 bits per heavy atom. The predicted octanol–water partition coefficient (Wildman–Crippen LogP) is 8.74. The molecule has 26 heteroatoms. The lowest BCUT2D eigenvalue weighted by molar-refractivity contribution is -0.132. The van der Waals surface area contributed by atoms with Gasteiger partial charge in [-0.05, 0) is 60.7 Å². The third kappa shape index (κ3) is 11.9. The van der Waals surface area contributed by atoms with E-state index in [4.69, 9.17) is 55.9 Å². The van der Waals surface area contributed by atoms with Crippen molar-refractivity contribution in [2.24, 2.45) is 26.2 Å². The highest BCUT2D eigenvalue weighted by molar-refractivity contribution is 7.93. The molecule has 0 radical (unpaired) electrons. The first-order chi connectivity index (χ1) is 28.1. The predicted molar refractivity (Wildman–Crippen MR) is 227 cm³/mol. The highest BCUT2D eigenvalue weighted by Gasteiger charge is 2.24. The molecule has 0 aliphatic heterocycles. The summed E-state index contributed by atoms with van der Waals surface area (Å²) in [5, 5.41) is 23.7. The zero-order valence-corrected chi connectivity index (χ0v) is 35.4. The molecule has 0 unspecified atom stereocenters. The quantitative estimate of drug-likeness (QED) is 0.0265. The first-order valence-electron chi connectivity index (χ1n) is 15.8. The van der Waals surface area contributed by atoms with Crippen molar-refractivity contribution < 1.29 is 36.0 Å². The van der Waals surface area contributed by atoms with Crippen LogP contribution in [0.4, 0.5) is 38.7 Å². The number of azo groups is 2. The van der Waals surface area contributed by atoms with E-state index in [2.05, 4.69) is 50.9 Å². The van der Waals surface area contributed by atoms with Gasteiger partial charge in [0.2, 0.25) is 11.2 Å². The van der Waals surface area contributed by atoms with Gasteiger partial charge in [-0.15, -0.1) is 32.9 Å². The van der Waals surface area contributed by atoms with Gasteiger partial charge < -0.3 is 15.8 Å². The fourth-order valence-corrected chi connectivity index (χ4v) is 8.40. The zero-order chi connectivity index (χ0) is 42.7. The number of fused-ring (bicyclic) bond motifs is 1. The molecule has 0 bridgehead atoms. The van der Waals surface area contributed by atoms with Gasteiger partial charge in [0.1, 0.15) is 5.69 Å². The lowest BCUT2D eigenvalue weighted by Crippen LogP contribution is -2.19. The topological polar surface area (TPSA) is 266 Å². The molecular formula is C33H24Cl4N10O8S4. The molecule has 2 amide bonds. The van der Waals surface area contributed by atoms with E-state index in [1.807, 2.05) is 0 Å². The van der Waals surface area contributed by atoms with E-state index in [9.17, 15) is 26.4 Å². The first kappa shape index (κ1) is 44.8. The molecule has 59 heavy (non-hydrogen) atoms. The number of nitrogens with two attached hydrogens (primary N) is 1. The fourth-order valence-electron chi connectivity index (χ4n) is 4.62. The number of nitrogens with one attached hydrogen (secondary N) is 3. The summed E-state index contributed by atoms with van der Waals surface area (Å²) in [5.74, 6) is -2.06. The standard InChI is InChI=1S/C32H21Cl4N9O7S4.CH3NO/c33-27(34)29(46)39-22-3-1-2-21-25(22)23(42-40-17-4-8-19(9-5-17)55(48,49)44-31-37-12-14-53-31)16-24(26(21)52-30(47)28(35)36)43-41-18-6-10-20(11-7-18)56(50,51)45-32-38-13-15-54-32;2-1-3/h1-16,27-28H,(H,37,44)(H,38,45)(H,39,46);1H,(H2,2,3).